The summed E-state index contributed by atoms with van der Waals surface area (Å²) >= 11 is 1.84. The number of carbonyl (C=O) groups is 1. The van der Waals surface area contributed by atoms with Crippen LogP contribution in [0.2, 0.25) is 0 Å². The normalized spacial score (nSPS) is 27.7. The van der Waals surface area contributed by atoms with Gasteiger partial charge in [-0.1, -0.05) is 27.7 Å². The van der Waals surface area contributed by atoms with E-state index < -0.39 is 0 Å². The molecule has 1 heterocycles. The minimum absolute atomic E-state index is 0.00755. The van der Waals surface area contributed by atoms with Gasteiger partial charge in [-0.15, -0.1) is 0 Å². The molecule has 0 N–H and O–H groups in total. The van der Waals surface area contributed by atoms with Crippen molar-refractivity contribution in [2.45, 2.75) is 39.0 Å². The lowest BCUT2D eigenvalue weighted by Gasteiger charge is -2.37. The quantitative estimate of drug-likeness (QED) is 0.654. The van der Waals surface area contributed by atoms with Crippen molar-refractivity contribution in [1.82, 2.24) is 0 Å². The fourth-order valence-corrected chi connectivity index (χ4v) is 2.34. The van der Waals surface area contributed by atoms with Gasteiger partial charge in [0, 0.05) is 5.75 Å². The lowest BCUT2D eigenvalue weighted by molar-refractivity contribution is -0.187. The van der Waals surface area contributed by atoms with Gasteiger partial charge in [0.1, 0.15) is 12.0 Å². The van der Waals surface area contributed by atoms with Gasteiger partial charge < -0.3 is 4.74 Å². The summed E-state index contributed by atoms with van der Waals surface area (Å²) in [6.07, 6.45) is 0.166. The molecule has 0 aromatic heterocycles. The second-order valence-electron chi connectivity index (χ2n) is 4.13. The molecule has 0 aromatic rings. The SMILES string of the molecule is CC(C)SC[C@H]1C(=O)O[C@H]1C(C)C. The first-order valence-electron chi connectivity index (χ1n) is 4.84. The van der Waals surface area contributed by atoms with Crippen molar-refractivity contribution in [2.75, 3.05) is 5.75 Å². The molecule has 1 aliphatic heterocycles. The molecule has 2 nitrogen and oxygen atoms in total. The summed E-state index contributed by atoms with van der Waals surface area (Å²) in [5.74, 6) is 1.51. The van der Waals surface area contributed by atoms with Gasteiger partial charge >= 0.3 is 5.97 Å². The summed E-state index contributed by atoms with van der Waals surface area (Å²) in [6.45, 7) is 8.51. The Balaban J connectivity index is 2.34. The second kappa shape index (κ2) is 4.36. The minimum atomic E-state index is -0.00755. The second-order valence-corrected chi connectivity index (χ2v) is 5.74. The molecule has 1 fully saturated rings. The summed E-state index contributed by atoms with van der Waals surface area (Å²) < 4.78 is 5.09. The number of esters is 1. The molecule has 1 aliphatic rings. The van der Waals surface area contributed by atoms with Gasteiger partial charge in [-0.25, -0.2) is 0 Å². The predicted octanol–water partition coefficient (Wildman–Crippen LogP) is 2.33. The van der Waals surface area contributed by atoms with E-state index in [2.05, 4.69) is 27.7 Å². The smallest absolute Gasteiger partial charge is 0.313 e. The highest BCUT2D eigenvalue weighted by molar-refractivity contribution is 7.99. The lowest BCUT2D eigenvalue weighted by atomic mass is 9.90. The van der Waals surface area contributed by atoms with Crippen molar-refractivity contribution in [3.05, 3.63) is 0 Å². The molecule has 0 bridgehead atoms. The van der Waals surface area contributed by atoms with Gasteiger partial charge in [0.15, 0.2) is 0 Å². The van der Waals surface area contributed by atoms with Gasteiger partial charge in [0.25, 0.3) is 0 Å². The zero-order chi connectivity index (χ0) is 10.0. The molecule has 76 valence electrons. The molecule has 2 atom stereocenters. The Kier molecular flexibility index (Phi) is 3.65. The average molecular weight is 202 g/mol. The van der Waals surface area contributed by atoms with Crippen LogP contribution in [0.4, 0.5) is 0 Å². The number of ether oxygens (including phenoxy) is 1. The van der Waals surface area contributed by atoms with E-state index in [0.717, 1.165) is 5.75 Å². The van der Waals surface area contributed by atoms with Gasteiger partial charge in [-0.3, -0.25) is 4.79 Å². The Morgan fingerprint density at radius 3 is 2.38 bits per heavy atom. The Morgan fingerprint density at radius 2 is 2.00 bits per heavy atom. The summed E-state index contributed by atoms with van der Waals surface area (Å²) in [4.78, 5) is 11.1. The Bertz CT molecular complexity index is 189. The molecule has 0 spiro atoms. The van der Waals surface area contributed by atoms with Crippen LogP contribution in [0.1, 0.15) is 27.7 Å². The van der Waals surface area contributed by atoms with Crippen LogP contribution in [-0.2, 0) is 9.53 Å². The number of hydrogen-bond donors (Lipinski definition) is 0. The summed E-state index contributed by atoms with van der Waals surface area (Å²) in [5, 5.41) is 0.598. The average Bonchev–Trinajstić information content (AvgIpc) is 1.99. The summed E-state index contributed by atoms with van der Waals surface area (Å²) in [6, 6.07) is 0. The van der Waals surface area contributed by atoms with Crippen molar-refractivity contribution in [2.24, 2.45) is 11.8 Å². The first kappa shape index (κ1) is 10.9. The van der Waals surface area contributed by atoms with Crippen LogP contribution >= 0.6 is 11.8 Å². The number of carbonyl (C=O) groups excluding carboxylic acids is 1. The third-order valence-corrected chi connectivity index (χ3v) is 3.44. The highest BCUT2D eigenvalue weighted by Crippen LogP contribution is 2.32. The van der Waals surface area contributed by atoms with Crippen molar-refractivity contribution in [3.8, 4) is 0 Å². The van der Waals surface area contributed by atoms with Crippen LogP contribution < -0.4 is 0 Å². The molecule has 0 radical (unpaired) electrons. The molecule has 0 amide bonds. The third kappa shape index (κ3) is 2.63. The van der Waals surface area contributed by atoms with Crippen molar-refractivity contribution >= 4 is 17.7 Å². The standard InChI is InChI=1S/C10H18O2S/c1-6(2)9-8(10(11)12-9)5-13-7(3)4/h6-9H,5H2,1-4H3/t8-,9+/m1/s1. The zero-order valence-corrected chi connectivity index (χ0v) is 9.56. The molecule has 0 unspecified atom stereocenters. The predicted molar refractivity (Wildman–Crippen MR) is 55.8 cm³/mol. The van der Waals surface area contributed by atoms with E-state index in [9.17, 15) is 4.79 Å². The fourth-order valence-electron chi connectivity index (χ4n) is 1.43. The maximum atomic E-state index is 11.1. The minimum Gasteiger partial charge on any atom is -0.461 e. The number of thioether (sulfide) groups is 1. The number of hydrogen-bond acceptors (Lipinski definition) is 3. The Labute approximate surface area is 84.4 Å². The van der Waals surface area contributed by atoms with Crippen LogP contribution in [0.3, 0.4) is 0 Å². The topological polar surface area (TPSA) is 26.3 Å². The van der Waals surface area contributed by atoms with E-state index in [0.29, 0.717) is 11.2 Å². The molecule has 0 aliphatic carbocycles. The van der Waals surface area contributed by atoms with Crippen molar-refractivity contribution in [1.29, 1.82) is 0 Å². The van der Waals surface area contributed by atoms with E-state index in [1.165, 1.54) is 0 Å². The number of cyclic esters (lactones) is 1. The van der Waals surface area contributed by atoms with Gasteiger partial charge in [-0.2, -0.15) is 11.8 Å². The number of rotatable bonds is 4. The lowest BCUT2D eigenvalue weighted by Crippen LogP contribution is -2.49. The van der Waals surface area contributed by atoms with Gasteiger partial charge in [0.2, 0.25) is 0 Å². The molecule has 0 aromatic carbocycles. The summed E-state index contributed by atoms with van der Waals surface area (Å²) in [5.41, 5.74) is 0. The van der Waals surface area contributed by atoms with Crippen LogP contribution in [0.25, 0.3) is 0 Å². The first-order chi connectivity index (χ1) is 6.02. The fraction of sp³-hybridized carbons (Fsp3) is 0.900. The van der Waals surface area contributed by atoms with Gasteiger partial charge in [0.05, 0.1) is 0 Å². The zero-order valence-electron chi connectivity index (χ0n) is 8.74. The monoisotopic (exact) mass is 202 g/mol. The highest BCUT2D eigenvalue weighted by Gasteiger charge is 2.43. The van der Waals surface area contributed by atoms with E-state index >= 15 is 0 Å². The largest absolute Gasteiger partial charge is 0.461 e. The first-order valence-corrected chi connectivity index (χ1v) is 5.89. The molecule has 3 heteroatoms. The third-order valence-electron chi connectivity index (χ3n) is 2.22. The van der Waals surface area contributed by atoms with Crippen LogP contribution in [0.5, 0.6) is 0 Å². The maximum absolute atomic E-state index is 11.1. The summed E-state index contributed by atoms with van der Waals surface area (Å²) in [7, 11) is 0. The molecule has 0 saturated carbocycles. The van der Waals surface area contributed by atoms with E-state index in [1.54, 1.807) is 0 Å². The highest BCUT2D eigenvalue weighted by atomic mass is 32.2. The Morgan fingerprint density at radius 1 is 1.38 bits per heavy atom. The van der Waals surface area contributed by atoms with Crippen molar-refractivity contribution < 1.29 is 9.53 Å². The molecule has 1 rings (SSSR count). The van der Waals surface area contributed by atoms with E-state index in [-0.39, 0.29) is 18.0 Å². The van der Waals surface area contributed by atoms with Crippen LogP contribution in [-0.4, -0.2) is 23.1 Å². The van der Waals surface area contributed by atoms with E-state index in [1.807, 2.05) is 11.8 Å². The van der Waals surface area contributed by atoms with Crippen LogP contribution in [0, 0.1) is 11.8 Å². The Hall–Kier alpha value is -0.180. The molecular formula is C10H18O2S. The van der Waals surface area contributed by atoms with E-state index in [4.69, 9.17) is 4.74 Å². The van der Waals surface area contributed by atoms with Crippen molar-refractivity contribution in [3.63, 3.8) is 0 Å². The maximum Gasteiger partial charge on any atom is 0.313 e. The molecular weight excluding hydrogens is 184 g/mol. The molecule has 13 heavy (non-hydrogen) atoms. The molecule has 1 saturated heterocycles. The van der Waals surface area contributed by atoms with Gasteiger partial charge in [-0.05, 0) is 11.2 Å². The van der Waals surface area contributed by atoms with Crippen LogP contribution in [0.15, 0.2) is 0 Å².